The molecule has 0 spiro atoms. The molecular formula is C11H15ClN2O. The van der Waals surface area contributed by atoms with Crippen LogP contribution < -0.4 is 5.73 Å². The molecule has 0 heterocycles. The summed E-state index contributed by atoms with van der Waals surface area (Å²) in [5.41, 5.74) is 7.28. The minimum Gasteiger partial charge on any atom is -0.399 e. The van der Waals surface area contributed by atoms with E-state index in [2.05, 4.69) is 0 Å². The fourth-order valence-electron chi connectivity index (χ4n) is 1.23. The van der Waals surface area contributed by atoms with E-state index in [4.69, 9.17) is 17.3 Å². The average Bonchev–Trinajstić information content (AvgIpc) is 2.20. The van der Waals surface area contributed by atoms with Crippen LogP contribution in [0.25, 0.3) is 0 Å². The van der Waals surface area contributed by atoms with Crippen molar-refractivity contribution in [3.8, 4) is 0 Å². The third-order valence-electron chi connectivity index (χ3n) is 2.10. The molecule has 0 fully saturated rings. The van der Waals surface area contributed by atoms with Gasteiger partial charge in [-0.3, -0.25) is 4.79 Å². The van der Waals surface area contributed by atoms with Crippen molar-refractivity contribution < 1.29 is 4.79 Å². The molecule has 0 aromatic heterocycles. The molecule has 1 unspecified atom stereocenters. The van der Waals surface area contributed by atoms with Gasteiger partial charge in [0.25, 0.3) is 0 Å². The molecule has 15 heavy (non-hydrogen) atoms. The number of nitrogen functional groups attached to an aromatic ring is 1. The molecule has 3 nitrogen and oxygen atoms in total. The fourth-order valence-corrected chi connectivity index (χ4v) is 1.60. The van der Waals surface area contributed by atoms with Gasteiger partial charge in [-0.15, -0.1) is 11.6 Å². The van der Waals surface area contributed by atoms with Gasteiger partial charge in [0.1, 0.15) is 5.38 Å². The van der Waals surface area contributed by atoms with Crippen LogP contribution in [-0.2, 0) is 11.2 Å². The van der Waals surface area contributed by atoms with Gasteiger partial charge in [0.2, 0.25) is 5.91 Å². The summed E-state index contributed by atoms with van der Waals surface area (Å²) in [7, 11) is 3.39. The first-order chi connectivity index (χ1) is 7.00. The van der Waals surface area contributed by atoms with E-state index in [1.807, 2.05) is 12.1 Å². The molecule has 0 saturated heterocycles. The van der Waals surface area contributed by atoms with Crippen molar-refractivity contribution >= 4 is 23.2 Å². The summed E-state index contributed by atoms with van der Waals surface area (Å²) in [6.07, 6.45) is 0.527. The first-order valence-corrected chi connectivity index (χ1v) is 5.14. The molecule has 1 aromatic rings. The van der Waals surface area contributed by atoms with E-state index in [1.165, 1.54) is 4.90 Å². The number of nitrogens with two attached hydrogens (primary N) is 1. The van der Waals surface area contributed by atoms with E-state index in [1.54, 1.807) is 26.2 Å². The van der Waals surface area contributed by atoms with Gasteiger partial charge < -0.3 is 10.6 Å². The van der Waals surface area contributed by atoms with Gasteiger partial charge in [-0.05, 0) is 24.1 Å². The maximum absolute atomic E-state index is 11.5. The zero-order chi connectivity index (χ0) is 11.4. The second-order valence-corrected chi connectivity index (χ2v) is 4.17. The van der Waals surface area contributed by atoms with Crippen LogP contribution in [0.3, 0.4) is 0 Å². The highest BCUT2D eigenvalue weighted by Gasteiger charge is 2.17. The van der Waals surface area contributed by atoms with Crippen molar-refractivity contribution in [2.75, 3.05) is 19.8 Å². The van der Waals surface area contributed by atoms with Crippen LogP contribution in [0.2, 0.25) is 0 Å². The molecule has 1 rings (SSSR count). The third kappa shape index (κ3) is 3.44. The number of hydrogen-bond acceptors (Lipinski definition) is 2. The van der Waals surface area contributed by atoms with Gasteiger partial charge in [-0.1, -0.05) is 12.1 Å². The van der Waals surface area contributed by atoms with E-state index in [0.29, 0.717) is 12.1 Å². The maximum atomic E-state index is 11.5. The lowest BCUT2D eigenvalue weighted by molar-refractivity contribution is -0.128. The fraction of sp³-hybridized carbons (Fsp3) is 0.364. The highest BCUT2D eigenvalue weighted by atomic mass is 35.5. The Kier molecular flexibility index (Phi) is 3.97. The second kappa shape index (κ2) is 5.03. The van der Waals surface area contributed by atoms with Crippen LogP contribution in [0, 0.1) is 0 Å². The van der Waals surface area contributed by atoms with Crippen LogP contribution in [0.5, 0.6) is 0 Å². The molecule has 0 bridgehead atoms. The molecule has 0 aliphatic heterocycles. The lowest BCUT2D eigenvalue weighted by Gasteiger charge is -2.15. The molecule has 1 aromatic carbocycles. The molecular weight excluding hydrogens is 212 g/mol. The van der Waals surface area contributed by atoms with Crippen molar-refractivity contribution in [2.24, 2.45) is 0 Å². The second-order valence-electron chi connectivity index (χ2n) is 3.65. The standard InChI is InChI=1S/C11H15ClN2O/c1-14(2)11(15)10(12)7-8-3-5-9(13)6-4-8/h3-6,10H,7,13H2,1-2H3. The Morgan fingerprint density at radius 1 is 1.40 bits per heavy atom. The van der Waals surface area contributed by atoms with E-state index < -0.39 is 5.38 Å². The number of alkyl halides is 1. The Bertz CT molecular complexity index is 335. The van der Waals surface area contributed by atoms with Crippen molar-refractivity contribution in [3.05, 3.63) is 29.8 Å². The Morgan fingerprint density at radius 2 is 1.93 bits per heavy atom. The van der Waals surface area contributed by atoms with Gasteiger partial charge >= 0.3 is 0 Å². The largest absolute Gasteiger partial charge is 0.399 e. The highest BCUT2D eigenvalue weighted by molar-refractivity contribution is 6.30. The SMILES string of the molecule is CN(C)C(=O)C(Cl)Cc1ccc(N)cc1. The third-order valence-corrected chi connectivity index (χ3v) is 2.44. The molecule has 2 N–H and O–H groups in total. The molecule has 0 aliphatic rings. The van der Waals surface area contributed by atoms with E-state index in [-0.39, 0.29) is 5.91 Å². The van der Waals surface area contributed by atoms with Crippen LogP contribution >= 0.6 is 11.6 Å². The van der Waals surface area contributed by atoms with Crippen molar-refractivity contribution in [1.82, 2.24) is 4.90 Å². The van der Waals surface area contributed by atoms with Crippen molar-refractivity contribution in [1.29, 1.82) is 0 Å². The number of amides is 1. The average molecular weight is 227 g/mol. The van der Waals surface area contributed by atoms with E-state index in [9.17, 15) is 4.79 Å². The zero-order valence-corrected chi connectivity index (χ0v) is 9.66. The van der Waals surface area contributed by atoms with Gasteiger partial charge in [0, 0.05) is 19.8 Å². The summed E-state index contributed by atoms with van der Waals surface area (Å²) in [6.45, 7) is 0. The normalized spacial score (nSPS) is 12.2. The number of benzene rings is 1. The molecule has 0 saturated carbocycles. The molecule has 0 radical (unpaired) electrons. The summed E-state index contributed by atoms with van der Waals surface area (Å²) < 4.78 is 0. The summed E-state index contributed by atoms with van der Waals surface area (Å²) in [5, 5.41) is -0.511. The molecule has 82 valence electrons. The highest BCUT2D eigenvalue weighted by Crippen LogP contribution is 2.12. The number of halogens is 1. The number of carbonyl (C=O) groups excluding carboxylic acids is 1. The molecule has 1 atom stereocenters. The van der Waals surface area contributed by atoms with Crippen LogP contribution in [0.1, 0.15) is 5.56 Å². The summed E-state index contributed by atoms with van der Waals surface area (Å²) in [4.78, 5) is 13.0. The Morgan fingerprint density at radius 3 is 2.40 bits per heavy atom. The Hall–Kier alpha value is -1.22. The van der Waals surface area contributed by atoms with Crippen LogP contribution in [0.15, 0.2) is 24.3 Å². The monoisotopic (exact) mass is 226 g/mol. The topological polar surface area (TPSA) is 46.3 Å². The predicted octanol–water partition coefficient (Wildman–Crippen LogP) is 1.51. The van der Waals surface area contributed by atoms with E-state index in [0.717, 1.165) is 5.56 Å². The first kappa shape index (κ1) is 11.9. The van der Waals surface area contributed by atoms with Crippen molar-refractivity contribution in [2.45, 2.75) is 11.8 Å². The Balaban J connectivity index is 2.62. The predicted molar refractivity (Wildman–Crippen MR) is 62.9 cm³/mol. The number of carbonyl (C=O) groups is 1. The first-order valence-electron chi connectivity index (χ1n) is 4.70. The summed E-state index contributed by atoms with van der Waals surface area (Å²) >= 11 is 5.98. The number of hydrogen-bond donors (Lipinski definition) is 1. The van der Waals surface area contributed by atoms with Crippen molar-refractivity contribution in [3.63, 3.8) is 0 Å². The van der Waals surface area contributed by atoms with Gasteiger partial charge in [-0.25, -0.2) is 0 Å². The molecule has 0 aliphatic carbocycles. The smallest absolute Gasteiger partial charge is 0.240 e. The minimum atomic E-state index is -0.511. The quantitative estimate of drug-likeness (QED) is 0.627. The Labute approximate surface area is 94.8 Å². The number of nitrogens with zero attached hydrogens (tertiary/aromatic N) is 1. The zero-order valence-electron chi connectivity index (χ0n) is 8.90. The maximum Gasteiger partial charge on any atom is 0.240 e. The lowest BCUT2D eigenvalue weighted by atomic mass is 10.1. The summed E-state index contributed by atoms with van der Waals surface area (Å²) in [6, 6.07) is 7.37. The van der Waals surface area contributed by atoms with Gasteiger partial charge in [0.15, 0.2) is 0 Å². The van der Waals surface area contributed by atoms with Gasteiger partial charge in [0.05, 0.1) is 0 Å². The van der Waals surface area contributed by atoms with Gasteiger partial charge in [-0.2, -0.15) is 0 Å². The van der Waals surface area contributed by atoms with E-state index >= 15 is 0 Å². The number of rotatable bonds is 3. The summed E-state index contributed by atoms with van der Waals surface area (Å²) in [5.74, 6) is -0.0755. The molecule has 4 heteroatoms. The van der Waals surface area contributed by atoms with Crippen LogP contribution in [-0.4, -0.2) is 30.3 Å². The van der Waals surface area contributed by atoms with Crippen LogP contribution in [0.4, 0.5) is 5.69 Å². The lowest BCUT2D eigenvalue weighted by Crippen LogP contribution is -2.31. The number of anilines is 1. The minimum absolute atomic E-state index is 0.0755. The molecule has 1 amide bonds.